The third-order valence-electron chi connectivity index (χ3n) is 6.02. The highest BCUT2D eigenvalue weighted by molar-refractivity contribution is 8.01. The molecular weight excluding hydrogens is 443 g/mol. The van der Waals surface area contributed by atoms with Crippen LogP contribution in [0.3, 0.4) is 0 Å². The molecule has 4 nitrogen and oxygen atoms in total. The number of carbonyl (C=O) groups is 2. The van der Waals surface area contributed by atoms with Gasteiger partial charge >= 0.3 is 0 Å². The van der Waals surface area contributed by atoms with Crippen LogP contribution in [0.15, 0.2) is 48.5 Å². The van der Waals surface area contributed by atoms with Gasteiger partial charge in [-0.25, -0.2) is 0 Å². The molecule has 0 fully saturated rings. The zero-order valence-electron chi connectivity index (χ0n) is 21.1. The molecule has 0 heterocycles. The molecule has 3 aromatic rings. The molecule has 0 saturated carbocycles. The summed E-state index contributed by atoms with van der Waals surface area (Å²) < 4.78 is 20.9. The van der Waals surface area contributed by atoms with Gasteiger partial charge < -0.3 is 9.30 Å². The predicted octanol–water partition coefficient (Wildman–Crippen LogP) is 7.00. The average Bonchev–Trinajstić information content (AvgIpc) is 2.75. The Hall–Kier alpha value is -2.97. The summed E-state index contributed by atoms with van der Waals surface area (Å²) in [6.45, 7) is 13.6. The van der Waals surface area contributed by atoms with E-state index < -0.39 is 18.2 Å². The number of hydrogen-bond donors (Lipinski definition) is 0. The van der Waals surface area contributed by atoms with Crippen LogP contribution in [0.25, 0.3) is 0 Å². The second-order valence-electron chi connectivity index (χ2n) is 9.08. The molecule has 0 aromatic heterocycles. The third-order valence-corrected chi connectivity index (χ3v) is 8.66. The molecule has 0 aliphatic heterocycles. The van der Waals surface area contributed by atoms with E-state index in [4.69, 9.17) is 4.74 Å². The van der Waals surface area contributed by atoms with Crippen molar-refractivity contribution in [1.29, 1.82) is 0 Å². The Balaban J connectivity index is 2.36. The third kappa shape index (κ3) is 4.65. The zero-order chi connectivity index (χ0) is 25.2. The van der Waals surface area contributed by atoms with Crippen LogP contribution < -0.4 is 10.0 Å². The van der Waals surface area contributed by atoms with Crippen LogP contribution in [0, 0.1) is 41.5 Å². The lowest BCUT2D eigenvalue weighted by atomic mass is 10.0. The van der Waals surface area contributed by atoms with Crippen molar-refractivity contribution in [2.24, 2.45) is 0 Å². The van der Waals surface area contributed by atoms with E-state index in [1.165, 1.54) is 0 Å². The van der Waals surface area contributed by atoms with Gasteiger partial charge in [-0.15, -0.1) is 0 Å². The Bertz CT molecular complexity index is 1200. The maximum atomic E-state index is 15.0. The van der Waals surface area contributed by atoms with E-state index in [-0.39, 0.29) is 5.30 Å². The van der Waals surface area contributed by atoms with Crippen LogP contribution in [-0.4, -0.2) is 17.7 Å². The summed E-state index contributed by atoms with van der Waals surface area (Å²) in [5.74, 6) is 0.319. The van der Waals surface area contributed by atoms with Crippen molar-refractivity contribution in [2.75, 3.05) is 6.61 Å². The van der Waals surface area contributed by atoms with Crippen molar-refractivity contribution in [3.63, 3.8) is 0 Å². The van der Waals surface area contributed by atoms with Crippen molar-refractivity contribution in [1.82, 2.24) is 0 Å². The lowest BCUT2D eigenvalue weighted by Gasteiger charge is -2.23. The smallest absolute Gasteiger partial charge is 0.252 e. The maximum Gasteiger partial charge on any atom is 0.252 e. The Kier molecular flexibility index (Phi) is 7.63. The highest BCUT2D eigenvalue weighted by Crippen LogP contribution is 2.54. The molecule has 0 N–H and O–H groups in total. The fourth-order valence-corrected chi connectivity index (χ4v) is 7.41. The second kappa shape index (κ2) is 10.1. The fourth-order valence-electron chi connectivity index (χ4n) is 4.71. The van der Waals surface area contributed by atoms with Crippen molar-refractivity contribution in [3.05, 3.63) is 93.0 Å². The van der Waals surface area contributed by atoms with Crippen LogP contribution in [0.4, 0.5) is 0 Å². The topological polar surface area (TPSA) is 60.4 Å². The van der Waals surface area contributed by atoms with Crippen LogP contribution in [0.1, 0.15) is 67.4 Å². The van der Waals surface area contributed by atoms with Gasteiger partial charge in [0.15, 0.2) is 0 Å². The Morgan fingerprint density at radius 3 is 1.56 bits per heavy atom. The molecule has 0 aliphatic rings. The van der Waals surface area contributed by atoms with Gasteiger partial charge in [-0.3, -0.25) is 9.59 Å². The summed E-state index contributed by atoms with van der Waals surface area (Å²) in [7, 11) is -4.32. The number of hydrogen-bond acceptors (Lipinski definition) is 4. The van der Waals surface area contributed by atoms with Crippen molar-refractivity contribution in [3.8, 4) is 5.75 Å². The van der Waals surface area contributed by atoms with Crippen molar-refractivity contribution in [2.45, 2.75) is 54.9 Å². The van der Waals surface area contributed by atoms with Gasteiger partial charge in [-0.1, -0.05) is 54.4 Å². The first-order valence-electron chi connectivity index (χ1n) is 11.6. The fraction of sp³-hybridized carbons (Fsp3) is 0.310. The average molecular weight is 477 g/mol. The van der Waals surface area contributed by atoms with Gasteiger partial charge in [0.25, 0.3) is 7.14 Å². The van der Waals surface area contributed by atoms with E-state index in [2.05, 4.69) is 0 Å². The number of carbonyl (C=O) groups excluding carboxylic acids is 2. The maximum absolute atomic E-state index is 15.0. The SMILES string of the molecule is CCCOc1ccccc1P(=O)(C(=O)c1c(C)cc(C)cc1C)C(=O)c1c(C)cc(C)cc1C. The number of para-hydroxylation sites is 1. The predicted molar refractivity (Wildman–Crippen MR) is 139 cm³/mol. The molecule has 3 aromatic carbocycles. The summed E-state index contributed by atoms with van der Waals surface area (Å²) in [6, 6.07) is 14.3. The van der Waals surface area contributed by atoms with E-state index in [9.17, 15) is 14.2 Å². The van der Waals surface area contributed by atoms with E-state index in [1.54, 1.807) is 24.3 Å². The summed E-state index contributed by atoms with van der Waals surface area (Å²) in [4.78, 5) is 28.4. The first-order valence-corrected chi connectivity index (χ1v) is 13.3. The summed E-state index contributed by atoms with van der Waals surface area (Å²) in [5, 5.41) is 0.164. The molecule has 3 rings (SSSR count). The standard InChI is InChI=1S/C29H33O4P/c1-8-13-33-24-11-9-10-12-25(24)34(32,28(30)26-20(4)14-18(2)15-21(26)5)29(31)27-22(6)16-19(3)17-23(27)7/h9-12,14-17H,8,13H2,1-7H3. The van der Waals surface area contributed by atoms with Gasteiger partial charge in [0.1, 0.15) is 5.75 Å². The number of rotatable bonds is 8. The molecule has 0 radical (unpaired) electrons. The molecule has 0 bridgehead atoms. The van der Waals surface area contributed by atoms with Crippen molar-refractivity contribution < 1.29 is 18.9 Å². The molecule has 0 atom stereocenters. The minimum atomic E-state index is -4.32. The Labute approximate surface area is 202 Å². The number of ether oxygens (including phenoxy) is 1. The molecule has 0 spiro atoms. The molecule has 0 unspecified atom stereocenters. The normalized spacial score (nSPS) is 11.4. The van der Waals surface area contributed by atoms with E-state index in [0.717, 1.165) is 17.5 Å². The monoisotopic (exact) mass is 476 g/mol. The lowest BCUT2D eigenvalue weighted by Crippen LogP contribution is -2.24. The number of benzene rings is 3. The molecule has 0 amide bonds. The largest absolute Gasteiger partial charge is 0.493 e. The Morgan fingerprint density at radius 2 is 1.15 bits per heavy atom. The van der Waals surface area contributed by atoms with Gasteiger partial charge in [0.2, 0.25) is 11.0 Å². The molecule has 0 aliphatic carbocycles. The first kappa shape index (κ1) is 25.6. The van der Waals surface area contributed by atoms with Crippen LogP contribution in [0.2, 0.25) is 0 Å². The minimum Gasteiger partial charge on any atom is -0.493 e. The van der Waals surface area contributed by atoms with Crippen LogP contribution >= 0.6 is 7.14 Å². The van der Waals surface area contributed by atoms with E-state index in [0.29, 0.717) is 45.7 Å². The minimum absolute atomic E-state index is 0.164. The van der Waals surface area contributed by atoms with Gasteiger partial charge in [-0.05, 0) is 82.3 Å². The Morgan fingerprint density at radius 1 is 0.735 bits per heavy atom. The highest BCUT2D eigenvalue weighted by atomic mass is 31.2. The molecule has 34 heavy (non-hydrogen) atoms. The summed E-state index contributed by atoms with van der Waals surface area (Å²) in [6.07, 6.45) is 0.743. The number of aryl methyl sites for hydroxylation is 6. The van der Waals surface area contributed by atoms with Gasteiger partial charge in [0.05, 0.1) is 11.9 Å². The highest BCUT2D eigenvalue weighted by Gasteiger charge is 2.46. The zero-order valence-corrected chi connectivity index (χ0v) is 22.0. The lowest BCUT2D eigenvalue weighted by molar-refractivity contribution is 0.103. The summed E-state index contributed by atoms with van der Waals surface area (Å²) in [5.41, 5.74) is 4.25. The van der Waals surface area contributed by atoms with Crippen LogP contribution in [0.5, 0.6) is 5.75 Å². The molecular formula is C29H33O4P. The van der Waals surface area contributed by atoms with Crippen LogP contribution in [-0.2, 0) is 4.57 Å². The van der Waals surface area contributed by atoms with E-state index in [1.807, 2.05) is 72.7 Å². The van der Waals surface area contributed by atoms with Crippen molar-refractivity contribution >= 4 is 23.5 Å². The van der Waals surface area contributed by atoms with E-state index >= 15 is 0 Å². The van der Waals surface area contributed by atoms with Gasteiger partial charge in [0, 0.05) is 11.1 Å². The molecule has 178 valence electrons. The second-order valence-corrected chi connectivity index (χ2v) is 11.6. The molecule has 5 heteroatoms. The van der Waals surface area contributed by atoms with Gasteiger partial charge in [-0.2, -0.15) is 0 Å². The first-order chi connectivity index (χ1) is 16.0. The quantitative estimate of drug-likeness (QED) is 0.329. The molecule has 0 saturated heterocycles. The summed E-state index contributed by atoms with van der Waals surface area (Å²) >= 11 is 0.